The predicted molar refractivity (Wildman–Crippen MR) is 164 cm³/mol. The highest BCUT2D eigenvalue weighted by Crippen LogP contribution is 2.31. The molecule has 0 saturated carbocycles. The number of fused-ring (bicyclic) bond motifs is 1. The second-order valence-electron chi connectivity index (χ2n) is 12.4. The molecular weight excluding hydrogens is 528 g/mol. The van der Waals surface area contributed by atoms with E-state index in [0.29, 0.717) is 17.5 Å². The van der Waals surface area contributed by atoms with Gasteiger partial charge in [0.05, 0.1) is 17.5 Å². The number of pyridine rings is 1. The Morgan fingerprint density at radius 3 is 2.17 bits per heavy atom. The molecule has 0 aliphatic heterocycles. The summed E-state index contributed by atoms with van der Waals surface area (Å²) in [5.74, 6) is -3.63. The number of benzene rings is 2. The SMILES string of the molecule is CC(C)[C@H](CC(=O)[C@H](C)NC(=O)[C@@H](CC(=O)c1cccc2ncccc12)C(C)(C)C)C(=O)C(=O)CCc1ccccc1. The summed E-state index contributed by atoms with van der Waals surface area (Å²) < 4.78 is 0. The second-order valence-corrected chi connectivity index (χ2v) is 12.4. The number of rotatable bonds is 14. The lowest BCUT2D eigenvalue weighted by Gasteiger charge is -2.30. The van der Waals surface area contributed by atoms with E-state index >= 15 is 0 Å². The van der Waals surface area contributed by atoms with Gasteiger partial charge in [0.2, 0.25) is 11.7 Å². The van der Waals surface area contributed by atoms with Crippen LogP contribution in [0.1, 0.15) is 76.7 Å². The van der Waals surface area contributed by atoms with E-state index in [0.717, 1.165) is 10.9 Å². The first-order valence-corrected chi connectivity index (χ1v) is 14.6. The number of carbonyl (C=O) groups is 5. The first-order valence-electron chi connectivity index (χ1n) is 14.6. The van der Waals surface area contributed by atoms with Gasteiger partial charge in [0.25, 0.3) is 0 Å². The molecule has 0 saturated heterocycles. The van der Waals surface area contributed by atoms with Gasteiger partial charge < -0.3 is 5.32 Å². The molecule has 0 bridgehead atoms. The van der Waals surface area contributed by atoms with Crippen LogP contribution < -0.4 is 5.32 Å². The van der Waals surface area contributed by atoms with Crippen molar-refractivity contribution in [3.63, 3.8) is 0 Å². The Labute approximate surface area is 248 Å². The molecule has 0 unspecified atom stereocenters. The van der Waals surface area contributed by atoms with Crippen LogP contribution in [0.3, 0.4) is 0 Å². The average Bonchev–Trinajstić information content (AvgIpc) is 2.96. The average molecular weight is 571 g/mol. The van der Waals surface area contributed by atoms with Crippen LogP contribution in [0.4, 0.5) is 0 Å². The number of hydrogen-bond acceptors (Lipinski definition) is 6. The lowest BCUT2D eigenvalue weighted by Crippen LogP contribution is -2.46. The fraction of sp³-hybridized carbons (Fsp3) is 0.429. The van der Waals surface area contributed by atoms with Gasteiger partial charge in [-0.3, -0.25) is 29.0 Å². The summed E-state index contributed by atoms with van der Waals surface area (Å²) in [5, 5.41) is 3.52. The number of aromatic nitrogens is 1. The minimum Gasteiger partial charge on any atom is -0.346 e. The maximum Gasteiger partial charge on any atom is 0.224 e. The minimum absolute atomic E-state index is 0.0345. The monoisotopic (exact) mass is 570 g/mol. The van der Waals surface area contributed by atoms with Gasteiger partial charge in [0.15, 0.2) is 17.3 Å². The lowest BCUT2D eigenvalue weighted by molar-refractivity contribution is -0.141. The summed E-state index contributed by atoms with van der Waals surface area (Å²) in [6.45, 7) is 10.9. The highest BCUT2D eigenvalue weighted by Gasteiger charge is 2.36. The molecule has 1 heterocycles. The van der Waals surface area contributed by atoms with Crippen LogP contribution in [0, 0.1) is 23.2 Å². The maximum atomic E-state index is 13.5. The van der Waals surface area contributed by atoms with Crippen molar-refractivity contribution in [3.05, 3.63) is 78.0 Å². The number of nitrogens with zero attached hydrogens (tertiary/aromatic N) is 1. The molecule has 7 nitrogen and oxygen atoms in total. The third kappa shape index (κ3) is 8.51. The zero-order valence-corrected chi connectivity index (χ0v) is 25.5. The molecule has 1 N–H and O–H groups in total. The zero-order chi connectivity index (χ0) is 31.0. The molecule has 3 atom stereocenters. The Morgan fingerprint density at radius 2 is 1.52 bits per heavy atom. The van der Waals surface area contributed by atoms with Crippen molar-refractivity contribution >= 4 is 39.9 Å². The van der Waals surface area contributed by atoms with Crippen molar-refractivity contribution < 1.29 is 24.0 Å². The zero-order valence-electron chi connectivity index (χ0n) is 25.5. The van der Waals surface area contributed by atoms with Crippen molar-refractivity contribution in [1.29, 1.82) is 0 Å². The van der Waals surface area contributed by atoms with Gasteiger partial charge in [0, 0.05) is 42.3 Å². The van der Waals surface area contributed by atoms with Crippen LogP contribution in [-0.2, 0) is 25.6 Å². The van der Waals surface area contributed by atoms with E-state index in [4.69, 9.17) is 0 Å². The van der Waals surface area contributed by atoms with Crippen LogP contribution in [0.5, 0.6) is 0 Å². The first kappa shape index (κ1) is 32.5. The van der Waals surface area contributed by atoms with Crippen LogP contribution in [0.2, 0.25) is 0 Å². The Bertz CT molecular complexity index is 1430. The Kier molecular flexibility index (Phi) is 11.0. The van der Waals surface area contributed by atoms with Gasteiger partial charge in [-0.25, -0.2) is 0 Å². The Balaban J connectivity index is 1.66. The summed E-state index contributed by atoms with van der Waals surface area (Å²) in [4.78, 5) is 70.2. The van der Waals surface area contributed by atoms with Crippen LogP contribution in [0.15, 0.2) is 66.9 Å². The predicted octanol–water partition coefficient (Wildman–Crippen LogP) is 5.98. The summed E-state index contributed by atoms with van der Waals surface area (Å²) in [6.07, 6.45) is 2.03. The number of ketones is 4. The Morgan fingerprint density at radius 1 is 0.833 bits per heavy atom. The highest BCUT2D eigenvalue weighted by molar-refractivity contribution is 6.38. The molecule has 1 amide bonds. The number of nitrogens with one attached hydrogen (secondary N) is 1. The van der Waals surface area contributed by atoms with Crippen molar-refractivity contribution in [1.82, 2.24) is 10.3 Å². The second kappa shape index (κ2) is 14.3. The molecule has 0 radical (unpaired) electrons. The summed E-state index contributed by atoms with van der Waals surface area (Å²) in [5.41, 5.74) is 1.61. The Hall–Kier alpha value is -4.00. The topological polar surface area (TPSA) is 110 Å². The number of Topliss-reactive ketones (excluding diaryl/α,β-unsaturated/α-hetero) is 4. The van der Waals surface area contributed by atoms with Crippen molar-refractivity contribution in [2.45, 2.75) is 73.3 Å². The maximum absolute atomic E-state index is 13.5. The summed E-state index contributed by atoms with van der Waals surface area (Å²) in [6, 6.07) is 17.5. The molecule has 7 heteroatoms. The smallest absolute Gasteiger partial charge is 0.224 e. The summed E-state index contributed by atoms with van der Waals surface area (Å²) in [7, 11) is 0. The van der Waals surface area contributed by atoms with Crippen LogP contribution >= 0.6 is 0 Å². The van der Waals surface area contributed by atoms with E-state index in [9.17, 15) is 24.0 Å². The van der Waals surface area contributed by atoms with Crippen molar-refractivity contribution in [2.24, 2.45) is 23.2 Å². The molecule has 42 heavy (non-hydrogen) atoms. The molecular formula is C35H42N2O5. The number of aryl methyl sites for hydroxylation is 1. The first-order chi connectivity index (χ1) is 19.8. The molecule has 0 aliphatic carbocycles. The van der Waals surface area contributed by atoms with Crippen LogP contribution in [0.25, 0.3) is 10.9 Å². The molecule has 2 aromatic carbocycles. The number of carbonyl (C=O) groups excluding carboxylic acids is 5. The van der Waals surface area contributed by atoms with Crippen molar-refractivity contribution in [3.8, 4) is 0 Å². The van der Waals surface area contributed by atoms with Gasteiger partial charge in [0.1, 0.15) is 0 Å². The van der Waals surface area contributed by atoms with E-state index in [-0.39, 0.29) is 36.7 Å². The molecule has 0 aliphatic rings. The molecule has 3 rings (SSSR count). The minimum atomic E-state index is -0.882. The van der Waals surface area contributed by atoms with E-state index in [1.165, 1.54) is 0 Å². The number of hydrogen-bond donors (Lipinski definition) is 1. The van der Waals surface area contributed by atoms with E-state index in [2.05, 4.69) is 10.3 Å². The largest absolute Gasteiger partial charge is 0.346 e. The van der Waals surface area contributed by atoms with E-state index in [1.54, 1.807) is 31.3 Å². The van der Waals surface area contributed by atoms with Gasteiger partial charge in [-0.15, -0.1) is 0 Å². The van der Waals surface area contributed by atoms with Gasteiger partial charge in [-0.05, 0) is 42.4 Å². The third-order valence-electron chi connectivity index (χ3n) is 7.86. The van der Waals surface area contributed by atoms with Crippen molar-refractivity contribution in [2.75, 3.05) is 0 Å². The third-order valence-corrected chi connectivity index (χ3v) is 7.86. The quantitative estimate of drug-likeness (QED) is 0.189. The fourth-order valence-corrected chi connectivity index (χ4v) is 5.09. The fourth-order valence-electron chi connectivity index (χ4n) is 5.09. The van der Waals surface area contributed by atoms with Crippen LogP contribution in [-0.4, -0.2) is 40.1 Å². The van der Waals surface area contributed by atoms with Gasteiger partial charge in [-0.1, -0.05) is 83.1 Å². The molecule has 222 valence electrons. The van der Waals surface area contributed by atoms with Gasteiger partial charge >= 0.3 is 0 Å². The molecule has 1 aromatic heterocycles. The molecule has 0 spiro atoms. The standard InChI is InChI=1S/C35H42N2O5/c1-22(2)27(33(41)30(38)18-17-24-12-8-7-9-13-24)20-31(39)23(3)37-34(42)28(35(4,5)6)21-32(40)26-14-10-16-29-25(26)15-11-19-36-29/h7-16,19,22-23,27-28H,17-18,20-21H2,1-6H3,(H,37,42)/t23-,27-,28+/m0/s1. The molecule has 3 aromatic rings. The van der Waals surface area contributed by atoms with Gasteiger partial charge in [-0.2, -0.15) is 0 Å². The number of amides is 1. The molecule has 0 fully saturated rings. The van der Waals surface area contributed by atoms with E-state index in [1.807, 2.05) is 77.1 Å². The summed E-state index contributed by atoms with van der Waals surface area (Å²) >= 11 is 0. The normalized spacial score (nSPS) is 13.8. The lowest BCUT2D eigenvalue weighted by atomic mass is 9.76. The highest BCUT2D eigenvalue weighted by atomic mass is 16.2. The van der Waals surface area contributed by atoms with E-state index < -0.39 is 40.8 Å².